The molecule has 16 heavy (non-hydrogen) atoms. The maximum atomic E-state index is 6.14. The predicted octanol–water partition coefficient (Wildman–Crippen LogP) is 3.43. The largest absolute Gasteiger partial charge is 0.389 e. The third kappa shape index (κ3) is 3.35. The predicted molar refractivity (Wildman–Crippen MR) is 75.3 cm³/mol. The monoisotopic (exact) mass is 256 g/mol. The van der Waals surface area contributed by atoms with Crippen LogP contribution in [0.4, 0.5) is 5.69 Å². The number of anilines is 1. The van der Waals surface area contributed by atoms with E-state index in [2.05, 4.69) is 26.1 Å². The Balaban J connectivity index is 2.87. The molecular formula is C12H17ClN2S. The van der Waals surface area contributed by atoms with Crippen LogP contribution in [0.3, 0.4) is 0 Å². The molecule has 1 aromatic rings. The number of halogens is 1. The van der Waals surface area contributed by atoms with E-state index in [0.717, 1.165) is 11.3 Å². The van der Waals surface area contributed by atoms with Gasteiger partial charge in [-0.25, -0.2) is 0 Å². The Labute approximate surface area is 107 Å². The average molecular weight is 257 g/mol. The topological polar surface area (TPSA) is 38.0 Å². The molecule has 0 aromatic heterocycles. The quantitative estimate of drug-likeness (QED) is 0.811. The van der Waals surface area contributed by atoms with Crippen LogP contribution in [0.1, 0.15) is 26.3 Å². The van der Waals surface area contributed by atoms with Gasteiger partial charge in [0.05, 0.1) is 10.7 Å². The molecule has 1 atom stereocenters. The Hall–Kier alpha value is -0.800. The molecule has 0 aliphatic heterocycles. The van der Waals surface area contributed by atoms with Gasteiger partial charge in [-0.1, -0.05) is 37.7 Å². The van der Waals surface area contributed by atoms with Gasteiger partial charge in [-0.3, -0.25) is 0 Å². The first-order chi connectivity index (χ1) is 7.41. The van der Waals surface area contributed by atoms with Crippen molar-refractivity contribution in [3.63, 3.8) is 0 Å². The summed E-state index contributed by atoms with van der Waals surface area (Å²) in [5.41, 5.74) is 7.25. The fraction of sp³-hybridized carbons (Fsp3) is 0.417. The van der Waals surface area contributed by atoms with Gasteiger partial charge in [0.15, 0.2) is 0 Å². The number of nitrogens with two attached hydrogens (primary N) is 1. The first-order valence-electron chi connectivity index (χ1n) is 5.27. The number of hydrogen-bond donors (Lipinski definition) is 2. The van der Waals surface area contributed by atoms with Gasteiger partial charge in [-0.2, -0.15) is 0 Å². The zero-order chi connectivity index (χ0) is 12.3. The van der Waals surface area contributed by atoms with Gasteiger partial charge >= 0.3 is 0 Å². The normalized spacial score (nSPS) is 12.6. The highest BCUT2D eigenvalue weighted by atomic mass is 35.5. The smallest absolute Gasteiger partial charge is 0.104 e. The molecule has 0 saturated heterocycles. The summed E-state index contributed by atoms with van der Waals surface area (Å²) in [5, 5.41) is 4.01. The zero-order valence-corrected chi connectivity index (χ0v) is 11.3. The number of hydrogen-bond acceptors (Lipinski definition) is 2. The van der Waals surface area contributed by atoms with E-state index in [1.807, 2.05) is 12.1 Å². The Morgan fingerprint density at radius 3 is 2.44 bits per heavy atom. The molecule has 3 N–H and O–H groups in total. The van der Waals surface area contributed by atoms with Crippen LogP contribution in [-0.2, 0) is 0 Å². The lowest BCUT2D eigenvalue weighted by Gasteiger charge is -2.19. The highest BCUT2D eigenvalue weighted by molar-refractivity contribution is 7.80. The molecule has 2 nitrogen and oxygen atoms in total. The van der Waals surface area contributed by atoms with Crippen LogP contribution in [0.2, 0.25) is 5.02 Å². The van der Waals surface area contributed by atoms with E-state index >= 15 is 0 Å². The van der Waals surface area contributed by atoms with Gasteiger partial charge in [0, 0.05) is 11.6 Å². The summed E-state index contributed by atoms with van der Waals surface area (Å²) in [6.07, 6.45) is 0. The Morgan fingerprint density at radius 2 is 2.00 bits per heavy atom. The van der Waals surface area contributed by atoms with E-state index in [1.54, 1.807) is 6.07 Å². The van der Waals surface area contributed by atoms with Gasteiger partial charge in [0.2, 0.25) is 0 Å². The van der Waals surface area contributed by atoms with Crippen molar-refractivity contribution < 1.29 is 0 Å². The first kappa shape index (κ1) is 13.3. The summed E-state index contributed by atoms with van der Waals surface area (Å²) >= 11 is 11.0. The van der Waals surface area contributed by atoms with Crippen molar-refractivity contribution in [2.24, 2.45) is 11.7 Å². The highest BCUT2D eigenvalue weighted by Crippen LogP contribution is 2.24. The van der Waals surface area contributed by atoms with E-state index in [0.29, 0.717) is 22.0 Å². The molecule has 0 saturated carbocycles. The Kier molecular flexibility index (Phi) is 4.56. The second kappa shape index (κ2) is 5.51. The summed E-state index contributed by atoms with van der Waals surface area (Å²) in [6, 6.07) is 5.95. The van der Waals surface area contributed by atoms with Crippen LogP contribution in [-0.4, -0.2) is 11.0 Å². The van der Waals surface area contributed by atoms with Crippen molar-refractivity contribution in [1.29, 1.82) is 0 Å². The van der Waals surface area contributed by atoms with Crippen molar-refractivity contribution >= 4 is 34.5 Å². The molecule has 1 aromatic carbocycles. The molecular weight excluding hydrogens is 240 g/mol. The molecule has 0 bridgehead atoms. The molecule has 0 aliphatic carbocycles. The zero-order valence-electron chi connectivity index (χ0n) is 9.75. The third-order valence-electron chi connectivity index (χ3n) is 2.64. The summed E-state index contributed by atoms with van der Waals surface area (Å²) in [6.45, 7) is 6.45. The van der Waals surface area contributed by atoms with Gasteiger partial charge in [-0.05, 0) is 31.0 Å². The lowest BCUT2D eigenvalue weighted by Crippen LogP contribution is -2.21. The van der Waals surface area contributed by atoms with Crippen LogP contribution in [0, 0.1) is 5.92 Å². The van der Waals surface area contributed by atoms with Crippen molar-refractivity contribution in [3.05, 3.63) is 28.8 Å². The highest BCUT2D eigenvalue weighted by Gasteiger charge is 2.09. The minimum absolute atomic E-state index is 0.366. The van der Waals surface area contributed by atoms with Crippen LogP contribution >= 0.6 is 23.8 Å². The third-order valence-corrected chi connectivity index (χ3v) is 3.19. The summed E-state index contributed by atoms with van der Waals surface area (Å²) in [4.78, 5) is 0.366. The van der Waals surface area contributed by atoms with E-state index < -0.39 is 0 Å². The van der Waals surface area contributed by atoms with E-state index in [-0.39, 0.29) is 0 Å². The van der Waals surface area contributed by atoms with Crippen LogP contribution in [0.25, 0.3) is 0 Å². The lowest BCUT2D eigenvalue weighted by molar-refractivity contribution is 0.560. The van der Waals surface area contributed by atoms with Crippen LogP contribution < -0.4 is 11.1 Å². The fourth-order valence-corrected chi connectivity index (χ4v) is 1.56. The first-order valence-corrected chi connectivity index (χ1v) is 6.06. The molecule has 1 rings (SSSR count). The molecule has 0 fully saturated rings. The van der Waals surface area contributed by atoms with Crippen molar-refractivity contribution in [1.82, 2.24) is 0 Å². The maximum absolute atomic E-state index is 6.14. The van der Waals surface area contributed by atoms with Crippen molar-refractivity contribution in [2.75, 3.05) is 5.32 Å². The minimum atomic E-state index is 0.366. The molecule has 0 aliphatic rings. The summed E-state index contributed by atoms with van der Waals surface area (Å²) in [5.74, 6) is 0.548. The summed E-state index contributed by atoms with van der Waals surface area (Å²) < 4.78 is 0. The van der Waals surface area contributed by atoms with E-state index in [4.69, 9.17) is 29.6 Å². The molecule has 0 amide bonds. The fourth-order valence-electron chi connectivity index (χ4n) is 1.20. The standard InChI is InChI=1S/C12H17ClN2S/c1-7(2)8(3)15-11-5-4-9(12(14)16)6-10(11)13/h4-8,15H,1-3H3,(H2,14,16). The second-order valence-electron chi connectivity index (χ2n) is 4.24. The van der Waals surface area contributed by atoms with Gasteiger partial charge < -0.3 is 11.1 Å². The van der Waals surface area contributed by atoms with Crippen molar-refractivity contribution in [2.45, 2.75) is 26.8 Å². The van der Waals surface area contributed by atoms with Crippen molar-refractivity contribution in [3.8, 4) is 0 Å². The molecule has 4 heteroatoms. The molecule has 0 heterocycles. The van der Waals surface area contributed by atoms with Crippen LogP contribution in [0.15, 0.2) is 18.2 Å². The molecule has 1 unspecified atom stereocenters. The van der Waals surface area contributed by atoms with Gasteiger partial charge in [-0.15, -0.1) is 0 Å². The van der Waals surface area contributed by atoms with Crippen LogP contribution in [0.5, 0.6) is 0 Å². The van der Waals surface area contributed by atoms with Gasteiger partial charge in [0.1, 0.15) is 4.99 Å². The number of nitrogens with one attached hydrogen (secondary N) is 1. The summed E-state index contributed by atoms with van der Waals surface area (Å²) in [7, 11) is 0. The van der Waals surface area contributed by atoms with Gasteiger partial charge in [0.25, 0.3) is 0 Å². The minimum Gasteiger partial charge on any atom is -0.389 e. The molecule has 0 radical (unpaired) electrons. The molecule has 0 spiro atoms. The Bertz CT molecular complexity index is 391. The second-order valence-corrected chi connectivity index (χ2v) is 5.08. The number of rotatable bonds is 4. The van der Waals surface area contributed by atoms with E-state index in [1.165, 1.54) is 0 Å². The molecule has 88 valence electrons. The lowest BCUT2D eigenvalue weighted by atomic mass is 10.1. The average Bonchev–Trinajstić information content (AvgIpc) is 2.20. The Morgan fingerprint density at radius 1 is 1.38 bits per heavy atom. The van der Waals surface area contributed by atoms with E-state index in [9.17, 15) is 0 Å². The SMILES string of the molecule is CC(C)C(C)Nc1ccc(C(N)=S)cc1Cl. The number of benzene rings is 1. The number of thiocarbonyl (C=S) groups is 1. The maximum Gasteiger partial charge on any atom is 0.104 e.